The molecule has 0 spiro atoms. The van der Waals surface area contributed by atoms with Crippen LogP contribution in [0.2, 0.25) is 0 Å². The van der Waals surface area contributed by atoms with E-state index in [2.05, 4.69) is 26.6 Å². The van der Waals surface area contributed by atoms with E-state index in [4.69, 9.17) is 11.5 Å². The molecule has 47 heavy (non-hydrogen) atoms. The van der Waals surface area contributed by atoms with Crippen LogP contribution in [-0.4, -0.2) is 72.7 Å². The number of nitrogens with two attached hydrogens (primary N) is 2. The molecule has 1 aliphatic rings. The maximum Gasteiger partial charge on any atom is 0.243 e. The first-order valence-corrected chi connectivity index (χ1v) is 16.2. The second-order valence-electron chi connectivity index (χ2n) is 11.8. The van der Waals surface area contributed by atoms with Crippen molar-refractivity contribution < 1.29 is 28.8 Å². The molecule has 9 N–H and O–H groups in total. The number of benzene rings is 2. The van der Waals surface area contributed by atoms with E-state index in [1.54, 1.807) is 0 Å². The lowest BCUT2D eigenvalue weighted by Gasteiger charge is -2.26. The Balaban J connectivity index is 1.83. The fraction of sp³-hybridized carbons (Fsp3) is 0.471. The average molecular weight is 650 g/mol. The molecule has 3 rings (SSSR count). The summed E-state index contributed by atoms with van der Waals surface area (Å²) in [6.07, 6.45) is 3.00. The van der Waals surface area contributed by atoms with E-state index in [1.165, 1.54) is 0 Å². The van der Waals surface area contributed by atoms with Crippen molar-refractivity contribution in [2.75, 3.05) is 13.1 Å². The Labute approximate surface area is 275 Å². The van der Waals surface area contributed by atoms with Crippen molar-refractivity contribution in [3.8, 4) is 0 Å². The second-order valence-corrected chi connectivity index (χ2v) is 11.8. The predicted octanol–water partition coefficient (Wildman–Crippen LogP) is 0.106. The average Bonchev–Trinajstić information content (AvgIpc) is 3.06. The van der Waals surface area contributed by atoms with Gasteiger partial charge >= 0.3 is 0 Å². The van der Waals surface area contributed by atoms with E-state index in [0.29, 0.717) is 45.2 Å². The van der Waals surface area contributed by atoms with E-state index >= 15 is 0 Å². The van der Waals surface area contributed by atoms with Crippen LogP contribution in [0.3, 0.4) is 0 Å². The molecule has 13 heteroatoms. The molecular weight excluding hydrogens is 602 g/mol. The first kappa shape index (κ1) is 36.7. The summed E-state index contributed by atoms with van der Waals surface area (Å²) >= 11 is 0. The summed E-state index contributed by atoms with van der Waals surface area (Å²) in [5, 5.41) is 13.8. The van der Waals surface area contributed by atoms with Gasteiger partial charge in [0.25, 0.3) is 0 Å². The van der Waals surface area contributed by atoms with Gasteiger partial charge in [0.15, 0.2) is 0 Å². The highest BCUT2D eigenvalue weighted by Crippen LogP contribution is 2.10. The largest absolute Gasteiger partial charge is 0.368 e. The van der Waals surface area contributed by atoms with Crippen LogP contribution < -0.4 is 38.1 Å². The van der Waals surface area contributed by atoms with Crippen LogP contribution in [0.1, 0.15) is 62.5 Å². The molecule has 2 aromatic rings. The number of hydrogen-bond donors (Lipinski definition) is 7. The lowest BCUT2D eigenvalue weighted by atomic mass is 10.0. The van der Waals surface area contributed by atoms with Crippen molar-refractivity contribution in [1.29, 1.82) is 0 Å². The quantitative estimate of drug-likeness (QED) is 0.237. The highest BCUT2D eigenvalue weighted by atomic mass is 16.2. The third-order valence-electron chi connectivity index (χ3n) is 7.91. The summed E-state index contributed by atoms with van der Waals surface area (Å²) in [5.74, 6) is -2.97. The van der Waals surface area contributed by atoms with Crippen molar-refractivity contribution in [3.05, 3.63) is 71.8 Å². The molecule has 0 aliphatic carbocycles. The number of nitrogens with one attached hydrogen (secondary N) is 5. The molecule has 254 valence electrons. The molecule has 1 saturated heterocycles. The SMILES string of the molecule is NC(=O)[C@@H]1CCCCNC(=O)CCC(=O)NCCCC[C@H](N)C(=O)N[C@@H](Cc2ccccc2)C(=O)N[C@@H](Cc2ccccc2)C(=O)N1. The minimum atomic E-state index is -1.09. The van der Waals surface area contributed by atoms with Gasteiger partial charge in [-0.1, -0.05) is 60.7 Å². The first-order chi connectivity index (χ1) is 22.6. The summed E-state index contributed by atoms with van der Waals surface area (Å²) in [4.78, 5) is 77.1. The Kier molecular flexibility index (Phi) is 15.4. The van der Waals surface area contributed by atoms with Gasteiger partial charge in [0, 0.05) is 38.8 Å². The topological polar surface area (TPSA) is 215 Å². The minimum absolute atomic E-state index is 0.0372. The highest BCUT2D eigenvalue weighted by molar-refractivity contribution is 5.95. The van der Waals surface area contributed by atoms with E-state index in [9.17, 15) is 28.8 Å². The molecule has 4 atom stereocenters. The Morgan fingerprint density at radius 3 is 1.55 bits per heavy atom. The van der Waals surface area contributed by atoms with Crippen LogP contribution in [0, 0.1) is 0 Å². The van der Waals surface area contributed by atoms with E-state index in [0.717, 1.165) is 11.1 Å². The molecule has 1 aliphatic heterocycles. The Bertz CT molecular complexity index is 1340. The molecule has 0 radical (unpaired) electrons. The second kappa shape index (κ2) is 19.7. The monoisotopic (exact) mass is 649 g/mol. The summed E-state index contributed by atoms with van der Waals surface area (Å²) < 4.78 is 0. The van der Waals surface area contributed by atoms with Gasteiger partial charge in [-0.05, 0) is 49.7 Å². The van der Waals surface area contributed by atoms with Crippen LogP contribution in [0.25, 0.3) is 0 Å². The van der Waals surface area contributed by atoms with Crippen molar-refractivity contribution >= 4 is 35.4 Å². The standard InChI is InChI=1S/C34H47N7O6/c35-25-15-7-9-19-37-29(42)17-18-30(43)38-20-10-8-16-26(31(36)44)39-33(46)28(22-24-13-5-2-6-14-24)41-34(47)27(40-32(25)45)21-23-11-3-1-4-12-23/h1-6,11-14,25-28H,7-10,15-22,35H2,(H2,36,44)(H,37,42)(H,38,43)(H,39,46)(H,40,45)(H,41,47)/t25-,26-,27-,28-/m0/s1. The molecule has 0 unspecified atom stereocenters. The van der Waals surface area contributed by atoms with Crippen LogP contribution >= 0.6 is 0 Å². The predicted molar refractivity (Wildman–Crippen MR) is 176 cm³/mol. The van der Waals surface area contributed by atoms with Crippen molar-refractivity contribution in [2.24, 2.45) is 11.5 Å². The Morgan fingerprint density at radius 2 is 1.06 bits per heavy atom. The molecule has 1 heterocycles. The number of primary amides is 1. The maximum absolute atomic E-state index is 13.8. The van der Waals surface area contributed by atoms with Crippen LogP contribution in [0.4, 0.5) is 0 Å². The van der Waals surface area contributed by atoms with E-state index < -0.39 is 47.8 Å². The van der Waals surface area contributed by atoms with Gasteiger partial charge < -0.3 is 38.1 Å². The lowest BCUT2D eigenvalue weighted by molar-refractivity contribution is -0.133. The minimum Gasteiger partial charge on any atom is -0.368 e. The van der Waals surface area contributed by atoms with E-state index in [-0.39, 0.29) is 43.9 Å². The van der Waals surface area contributed by atoms with Gasteiger partial charge in [0.2, 0.25) is 35.4 Å². The molecule has 6 amide bonds. The van der Waals surface area contributed by atoms with Gasteiger partial charge in [-0.25, -0.2) is 0 Å². The maximum atomic E-state index is 13.8. The lowest BCUT2D eigenvalue weighted by Crippen LogP contribution is -2.58. The third kappa shape index (κ3) is 13.6. The number of carbonyl (C=O) groups excluding carboxylic acids is 6. The normalized spacial score (nSPS) is 23.6. The van der Waals surface area contributed by atoms with Crippen LogP contribution in [-0.2, 0) is 41.6 Å². The van der Waals surface area contributed by atoms with E-state index in [1.807, 2.05) is 60.7 Å². The molecule has 13 nitrogen and oxygen atoms in total. The van der Waals surface area contributed by atoms with Crippen LogP contribution in [0.5, 0.6) is 0 Å². The summed E-state index contributed by atoms with van der Waals surface area (Å²) in [5.41, 5.74) is 13.4. The van der Waals surface area contributed by atoms with Crippen molar-refractivity contribution in [3.63, 3.8) is 0 Å². The van der Waals surface area contributed by atoms with Gasteiger partial charge in [-0.3, -0.25) is 28.8 Å². The zero-order chi connectivity index (χ0) is 34.0. The van der Waals surface area contributed by atoms with Crippen molar-refractivity contribution in [1.82, 2.24) is 26.6 Å². The zero-order valence-electron chi connectivity index (χ0n) is 26.7. The molecule has 2 aromatic carbocycles. The fourth-order valence-electron chi connectivity index (χ4n) is 5.18. The Hall–Kier alpha value is -4.78. The molecule has 0 bridgehead atoms. The summed E-state index contributed by atoms with van der Waals surface area (Å²) in [6.45, 7) is 0.709. The number of hydrogen-bond acceptors (Lipinski definition) is 7. The van der Waals surface area contributed by atoms with Gasteiger partial charge in [0.1, 0.15) is 18.1 Å². The highest BCUT2D eigenvalue weighted by Gasteiger charge is 2.30. The Morgan fingerprint density at radius 1 is 0.617 bits per heavy atom. The van der Waals surface area contributed by atoms with Crippen LogP contribution in [0.15, 0.2) is 60.7 Å². The number of rotatable bonds is 5. The molecule has 0 aromatic heterocycles. The van der Waals surface area contributed by atoms with Crippen molar-refractivity contribution in [2.45, 2.75) is 88.4 Å². The summed E-state index contributed by atoms with van der Waals surface area (Å²) in [7, 11) is 0. The molecular formula is C34H47N7O6. The third-order valence-corrected chi connectivity index (χ3v) is 7.91. The summed E-state index contributed by atoms with van der Waals surface area (Å²) in [6, 6.07) is 14.2. The van der Waals surface area contributed by atoms with Gasteiger partial charge in [-0.2, -0.15) is 0 Å². The number of amides is 6. The molecule has 1 fully saturated rings. The number of carbonyl (C=O) groups is 6. The van der Waals surface area contributed by atoms with Gasteiger partial charge in [0.05, 0.1) is 6.04 Å². The smallest absolute Gasteiger partial charge is 0.243 e. The fourth-order valence-corrected chi connectivity index (χ4v) is 5.18. The molecule has 0 saturated carbocycles. The zero-order valence-corrected chi connectivity index (χ0v) is 26.7. The van der Waals surface area contributed by atoms with Gasteiger partial charge in [-0.15, -0.1) is 0 Å². The first-order valence-electron chi connectivity index (χ1n) is 16.2.